The van der Waals surface area contributed by atoms with Gasteiger partial charge >= 0.3 is 0 Å². The zero-order chi connectivity index (χ0) is 10.1. The highest BCUT2D eigenvalue weighted by Crippen LogP contribution is 2.32. The van der Waals surface area contributed by atoms with Gasteiger partial charge in [0.2, 0.25) is 0 Å². The Morgan fingerprint density at radius 2 is 2.29 bits per heavy atom. The highest BCUT2D eigenvalue weighted by Gasteiger charge is 2.28. The van der Waals surface area contributed by atoms with Crippen LogP contribution in [-0.2, 0) is 6.54 Å². The van der Waals surface area contributed by atoms with Gasteiger partial charge in [-0.15, -0.1) is 0 Å². The largest absolute Gasteiger partial charge is 0.333 e. The fourth-order valence-corrected chi connectivity index (χ4v) is 1.88. The number of rotatable bonds is 4. The van der Waals surface area contributed by atoms with Gasteiger partial charge in [-0.25, -0.2) is 4.98 Å². The number of nitrogens with two attached hydrogens (primary N) is 1. The second-order valence-corrected chi connectivity index (χ2v) is 4.59. The van der Waals surface area contributed by atoms with E-state index in [1.54, 1.807) is 0 Å². The molecule has 1 unspecified atom stereocenters. The first-order valence-corrected chi connectivity index (χ1v) is 5.45. The Kier molecular flexibility index (Phi) is 2.59. The van der Waals surface area contributed by atoms with Crippen molar-refractivity contribution in [3.05, 3.63) is 18.2 Å². The Morgan fingerprint density at radius 3 is 2.86 bits per heavy atom. The third-order valence-corrected chi connectivity index (χ3v) is 2.90. The van der Waals surface area contributed by atoms with Crippen molar-refractivity contribution in [3.8, 4) is 0 Å². The maximum Gasteiger partial charge on any atom is 0.111 e. The minimum Gasteiger partial charge on any atom is -0.333 e. The van der Waals surface area contributed by atoms with E-state index in [0.29, 0.717) is 12.0 Å². The molecule has 1 aromatic heterocycles. The molecule has 2 N–H and O–H groups in total. The summed E-state index contributed by atoms with van der Waals surface area (Å²) in [7, 11) is 0. The first-order valence-electron chi connectivity index (χ1n) is 5.45. The Morgan fingerprint density at radius 1 is 1.57 bits per heavy atom. The topological polar surface area (TPSA) is 43.8 Å². The van der Waals surface area contributed by atoms with E-state index in [-0.39, 0.29) is 0 Å². The van der Waals surface area contributed by atoms with E-state index in [1.165, 1.54) is 12.8 Å². The minimum absolute atomic E-state index is 0.321. The van der Waals surface area contributed by atoms with Gasteiger partial charge in [-0.3, -0.25) is 0 Å². The Balaban J connectivity index is 2.03. The quantitative estimate of drug-likeness (QED) is 0.791. The Bertz CT molecular complexity index is 299. The van der Waals surface area contributed by atoms with Gasteiger partial charge < -0.3 is 10.3 Å². The second kappa shape index (κ2) is 3.73. The maximum atomic E-state index is 6.09. The number of aromatic nitrogens is 2. The standard InChI is InChI=1S/C11H19N3/c1-8(2)11-13-5-6-14(11)7-10(12)9-3-4-9/h5-6,8-10H,3-4,7,12H2,1-2H3. The van der Waals surface area contributed by atoms with E-state index in [0.717, 1.165) is 18.3 Å². The SMILES string of the molecule is CC(C)c1nccn1CC(N)C1CC1. The summed E-state index contributed by atoms with van der Waals surface area (Å²) in [4.78, 5) is 4.36. The van der Waals surface area contributed by atoms with Crippen molar-refractivity contribution < 1.29 is 0 Å². The first-order chi connectivity index (χ1) is 6.68. The zero-order valence-electron chi connectivity index (χ0n) is 8.98. The Labute approximate surface area is 85.3 Å². The van der Waals surface area contributed by atoms with Crippen LogP contribution < -0.4 is 5.73 Å². The van der Waals surface area contributed by atoms with E-state index in [9.17, 15) is 0 Å². The van der Waals surface area contributed by atoms with Crippen molar-refractivity contribution >= 4 is 0 Å². The smallest absolute Gasteiger partial charge is 0.111 e. The molecule has 1 saturated carbocycles. The van der Waals surface area contributed by atoms with E-state index in [1.807, 2.05) is 12.4 Å². The van der Waals surface area contributed by atoms with Gasteiger partial charge in [-0.2, -0.15) is 0 Å². The van der Waals surface area contributed by atoms with E-state index in [2.05, 4.69) is 23.4 Å². The van der Waals surface area contributed by atoms with Crippen LogP contribution in [0.5, 0.6) is 0 Å². The highest BCUT2D eigenvalue weighted by molar-refractivity contribution is 4.99. The monoisotopic (exact) mass is 193 g/mol. The van der Waals surface area contributed by atoms with Crippen LogP contribution in [0.2, 0.25) is 0 Å². The third kappa shape index (κ3) is 1.98. The lowest BCUT2D eigenvalue weighted by Crippen LogP contribution is -2.29. The average Bonchev–Trinajstić information content (AvgIpc) is 2.87. The van der Waals surface area contributed by atoms with Crippen LogP contribution in [0.1, 0.15) is 38.4 Å². The molecular weight excluding hydrogens is 174 g/mol. The number of hydrogen-bond donors (Lipinski definition) is 1. The highest BCUT2D eigenvalue weighted by atomic mass is 15.1. The fraction of sp³-hybridized carbons (Fsp3) is 0.727. The van der Waals surface area contributed by atoms with Crippen molar-refractivity contribution in [3.63, 3.8) is 0 Å². The molecule has 1 fully saturated rings. The molecule has 1 aliphatic rings. The molecule has 1 aliphatic carbocycles. The molecule has 0 bridgehead atoms. The molecule has 0 radical (unpaired) electrons. The zero-order valence-corrected chi connectivity index (χ0v) is 8.98. The molecule has 3 nitrogen and oxygen atoms in total. The molecule has 0 aromatic carbocycles. The van der Waals surface area contributed by atoms with Crippen LogP contribution in [-0.4, -0.2) is 15.6 Å². The van der Waals surface area contributed by atoms with Crippen LogP contribution in [0.25, 0.3) is 0 Å². The molecule has 3 heteroatoms. The fourth-order valence-electron chi connectivity index (χ4n) is 1.88. The third-order valence-electron chi connectivity index (χ3n) is 2.90. The summed E-state index contributed by atoms with van der Waals surface area (Å²) >= 11 is 0. The lowest BCUT2D eigenvalue weighted by atomic mass is 10.1. The van der Waals surface area contributed by atoms with E-state index >= 15 is 0 Å². The van der Waals surface area contributed by atoms with Crippen LogP contribution >= 0.6 is 0 Å². The normalized spacial score (nSPS) is 18.9. The summed E-state index contributed by atoms with van der Waals surface area (Å²) in [6, 6.07) is 0.321. The van der Waals surface area contributed by atoms with E-state index in [4.69, 9.17) is 5.73 Å². The molecule has 0 amide bonds. The second-order valence-electron chi connectivity index (χ2n) is 4.59. The lowest BCUT2D eigenvalue weighted by Gasteiger charge is -2.15. The molecule has 1 atom stereocenters. The van der Waals surface area contributed by atoms with Crippen LogP contribution in [0.15, 0.2) is 12.4 Å². The van der Waals surface area contributed by atoms with Crippen molar-refractivity contribution in [2.75, 3.05) is 0 Å². The minimum atomic E-state index is 0.321. The van der Waals surface area contributed by atoms with Gasteiger partial charge in [0.05, 0.1) is 0 Å². The van der Waals surface area contributed by atoms with Crippen LogP contribution in [0.3, 0.4) is 0 Å². The average molecular weight is 193 g/mol. The summed E-state index contributed by atoms with van der Waals surface area (Å²) < 4.78 is 2.20. The van der Waals surface area contributed by atoms with Gasteiger partial charge in [0, 0.05) is 30.9 Å². The van der Waals surface area contributed by atoms with Gasteiger partial charge in [-0.05, 0) is 18.8 Å². The number of hydrogen-bond acceptors (Lipinski definition) is 2. The molecule has 2 rings (SSSR count). The maximum absolute atomic E-state index is 6.09. The molecule has 0 spiro atoms. The summed E-state index contributed by atoms with van der Waals surface area (Å²) in [5.74, 6) is 2.40. The molecule has 0 saturated heterocycles. The molecule has 0 aliphatic heterocycles. The first kappa shape index (κ1) is 9.71. The predicted octanol–water partition coefficient (Wildman–Crippen LogP) is 1.74. The molecule has 14 heavy (non-hydrogen) atoms. The van der Waals surface area contributed by atoms with Gasteiger partial charge in [0.25, 0.3) is 0 Å². The van der Waals surface area contributed by atoms with Crippen molar-refractivity contribution in [1.29, 1.82) is 0 Å². The van der Waals surface area contributed by atoms with Crippen LogP contribution in [0, 0.1) is 5.92 Å². The summed E-state index contributed by atoms with van der Waals surface area (Å²) in [5.41, 5.74) is 6.09. The number of imidazole rings is 1. The van der Waals surface area contributed by atoms with E-state index < -0.39 is 0 Å². The lowest BCUT2D eigenvalue weighted by molar-refractivity contribution is 0.484. The van der Waals surface area contributed by atoms with Crippen molar-refractivity contribution in [1.82, 2.24) is 9.55 Å². The number of nitrogens with zero attached hydrogens (tertiary/aromatic N) is 2. The molecule has 1 aromatic rings. The van der Waals surface area contributed by atoms with Crippen molar-refractivity contribution in [2.45, 2.75) is 45.2 Å². The Hall–Kier alpha value is -0.830. The summed E-state index contributed by atoms with van der Waals surface area (Å²) in [6.45, 7) is 5.27. The van der Waals surface area contributed by atoms with Gasteiger partial charge in [0.1, 0.15) is 5.82 Å². The molecular formula is C11H19N3. The van der Waals surface area contributed by atoms with Crippen LogP contribution in [0.4, 0.5) is 0 Å². The molecule has 78 valence electrons. The van der Waals surface area contributed by atoms with Crippen molar-refractivity contribution in [2.24, 2.45) is 11.7 Å². The molecule has 1 heterocycles. The van der Waals surface area contributed by atoms with Gasteiger partial charge in [-0.1, -0.05) is 13.8 Å². The summed E-state index contributed by atoms with van der Waals surface area (Å²) in [5, 5.41) is 0. The predicted molar refractivity (Wildman–Crippen MR) is 57.0 cm³/mol. The van der Waals surface area contributed by atoms with Gasteiger partial charge in [0.15, 0.2) is 0 Å². The summed E-state index contributed by atoms with van der Waals surface area (Å²) in [6.07, 6.45) is 6.53.